The summed E-state index contributed by atoms with van der Waals surface area (Å²) in [6.07, 6.45) is 2.64. The number of nitrogen functional groups attached to an aromatic ring is 1. The molecule has 0 aromatic carbocycles. The summed E-state index contributed by atoms with van der Waals surface area (Å²) >= 11 is 0. The van der Waals surface area contributed by atoms with Crippen molar-refractivity contribution in [1.29, 1.82) is 0 Å². The van der Waals surface area contributed by atoms with E-state index in [2.05, 4.69) is 20.1 Å². The second-order valence-corrected chi connectivity index (χ2v) is 3.75. The number of hydrogen-bond donors (Lipinski definition) is 1. The number of aromatic nitrogens is 4. The van der Waals surface area contributed by atoms with Crippen molar-refractivity contribution in [3.8, 4) is 23.0 Å². The summed E-state index contributed by atoms with van der Waals surface area (Å²) in [4.78, 5) is 11.9. The number of nitrogens with zero attached hydrogens (tertiary/aromatic N) is 4. The third-order valence-electron chi connectivity index (χ3n) is 2.41. The Kier molecular flexibility index (Phi) is 2.64. The highest BCUT2D eigenvalue weighted by atomic mass is 19.1. The van der Waals surface area contributed by atoms with Gasteiger partial charge in [0.2, 0.25) is 5.82 Å². The van der Waals surface area contributed by atoms with E-state index in [4.69, 9.17) is 10.3 Å². The third kappa shape index (κ3) is 2.25. The van der Waals surface area contributed by atoms with Crippen LogP contribution < -0.4 is 5.73 Å². The van der Waals surface area contributed by atoms with Gasteiger partial charge in [0.05, 0.1) is 6.20 Å². The Morgan fingerprint density at radius 2 is 2.05 bits per heavy atom. The zero-order valence-corrected chi connectivity index (χ0v) is 9.62. The molecule has 3 heterocycles. The van der Waals surface area contributed by atoms with Crippen molar-refractivity contribution in [2.45, 2.75) is 0 Å². The summed E-state index contributed by atoms with van der Waals surface area (Å²) in [7, 11) is 0. The van der Waals surface area contributed by atoms with Gasteiger partial charge in [0.1, 0.15) is 17.3 Å². The average Bonchev–Trinajstić information content (AvgIpc) is 2.89. The molecular formula is C12H8FN5O. The monoisotopic (exact) mass is 257 g/mol. The number of pyridine rings is 2. The first-order chi connectivity index (χ1) is 9.22. The van der Waals surface area contributed by atoms with Crippen LogP contribution >= 0.6 is 0 Å². The van der Waals surface area contributed by atoms with Gasteiger partial charge in [-0.15, -0.1) is 0 Å². The molecule has 3 rings (SSSR count). The molecular weight excluding hydrogens is 249 g/mol. The zero-order chi connectivity index (χ0) is 13.2. The molecule has 0 amide bonds. The van der Waals surface area contributed by atoms with Crippen molar-refractivity contribution in [1.82, 2.24) is 20.1 Å². The molecule has 0 saturated carbocycles. The Balaban J connectivity index is 1.97. The van der Waals surface area contributed by atoms with Crippen LogP contribution in [0.4, 0.5) is 10.2 Å². The molecule has 0 atom stereocenters. The van der Waals surface area contributed by atoms with Gasteiger partial charge in [-0.05, 0) is 24.3 Å². The summed E-state index contributed by atoms with van der Waals surface area (Å²) in [6, 6.07) is 6.08. The molecule has 7 heteroatoms. The van der Waals surface area contributed by atoms with Gasteiger partial charge in [-0.3, -0.25) is 0 Å². The number of hydrogen-bond acceptors (Lipinski definition) is 6. The fraction of sp³-hybridized carbons (Fsp3) is 0. The molecule has 94 valence electrons. The highest BCUT2D eigenvalue weighted by Crippen LogP contribution is 2.21. The predicted octanol–water partition coefficient (Wildman–Crippen LogP) is 1.91. The van der Waals surface area contributed by atoms with E-state index in [0.29, 0.717) is 23.0 Å². The van der Waals surface area contributed by atoms with Crippen LogP contribution in [0, 0.1) is 5.82 Å². The van der Waals surface area contributed by atoms with E-state index in [0.717, 1.165) is 6.20 Å². The second kappa shape index (κ2) is 4.45. The first kappa shape index (κ1) is 11.3. The molecule has 0 spiro atoms. The Labute approximate surface area is 107 Å². The lowest BCUT2D eigenvalue weighted by Crippen LogP contribution is -1.90. The van der Waals surface area contributed by atoms with Crippen LogP contribution in [0.2, 0.25) is 0 Å². The molecule has 0 aliphatic heterocycles. The molecule has 0 radical (unpaired) electrons. The third-order valence-corrected chi connectivity index (χ3v) is 2.41. The SMILES string of the molecule is Nc1cc(-c2nc(-c3ccc(F)cn3)no2)ccn1. The Morgan fingerprint density at radius 1 is 1.16 bits per heavy atom. The Morgan fingerprint density at radius 3 is 2.79 bits per heavy atom. The molecule has 0 fully saturated rings. The summed E-state index contributed by atoms with van der Waals surface area (Å²) in [5.74, 6) is 0.521. The van der Waals surface area contributed by atoms with Crippen molar-refractivity contribution in [3.63, 3.8) is 0 Å². The van der Waals surface area contributed by atoms with Crippen LogP contribution in [-0.2, 0) is 0 Å². The van der Waals surface area contributed by atoms with E-state index in [1.54, 1.807) is 18.3 Å². The normalized spacial score (nSPS) is 10.6. The van der Waals surface area contributed by atoms with Gasteiger partial charge in [-0.2, -0.15) is 4.98 Å². The minimum Gasteiger partial charge on any atom is -0.384 e. The topological polar surface area (TPSA) is 90.7 Å². The summed E-state index contributed by atoms with van der Waals surface area (Å²) in [5, 5.41) is 3.79. The molecule has 3 aromatic heterocycles. The van der Waals surface area contributed by atoms with E-state index >= 15 is 0 Å². The largest absolute Gasteiger partial charge is 0.384 e. The van der Waals surface area contributed by atoms with E-state index in [-0.39, 0.29) is 5.82 Å². The molecule has 19 heavy (non-hydrogen) atoms. The second-order valence-electron chi connectivity index (χ2n) is 3.75. The van der Waals surface area contributed by atoms with Crippen LogP contribution in [0.15, 0.2) is 41.2 Å². The van der Waals surface area contributed by atoms with E-state index in [1.165, 1.54) is 12.1 Å². The molecule has 0 saturated heterocycles. The maximum Gasteiger partial charge on any atom is 0.258 e. The van der Waals surface area contributed by atoms with E-state index in [1.807, 2.05) is 0 Å². The number of anilines is 1. The standard InChI is InChI=1S/C12H8FN5O/c13-8-1-2-9(16-6-8)11-17-12(19-18-11)7-3-4-15-10(14)5-7/h1-6H,(H2,14,15). The van der Waals surface area contributed by atoms with Crippen LogP contribution in [0.3, 0.4) is 0 Å². The number of halogens is 1. The lowest BCUT2D eigenvalue weighted by molar-refractivity contribution is 0.432. The quantitative estimate of drug-likeness (QED) is 0.754. The van der Waals surface area contributed by atoms with Gasteiger partial charge in [0.15, 0.2) is 0 Å². The molecule has 0 aliphatic carbocycles. The predicted molar refractivity (Wildman–Crippen MR) is 65.1 cm³/mol. The van der Waals surface area contributed by atoms with Gasteiger partial charge in [0.25, 0.3) is 5.89 Å². The minimum absolute atomic E-state index is 0.283. The Bertz CT molecular complexity index is 710. The minimum atomic E-state index is -0.422. The first-order valence-corrected chi connectivity index (χ1v) is 5.40. The van der Waals surface area contributed by atoms with E-state index < -0.39 is 5.82 Å². The van der Waals surface area contributed by atoms with Crippen LogP contribution in [-0.4, -0.2) is 20.1 Å². The van der Waals surface area contributed by atoms with Crippen LogP contribution in [0.1, 0.15) is 0 Å². The Hall–Kier alpha value is -2.83. The molecule has 6 nitrogen and oxygen atoms in total. The molecule has 3 aromatic rings. The maximum absolute atomic E-state index is 12.8. The van der Waals surface area contributed by atoms with Crippen molar-refractivity contribution in [2.75, 3.05) is 5.73 Å². The average molecular weight is 257 g/mol. The van der Waals surface area contributed by atoms with Gasteiger partial charge >= 0.3 is 0 Å². The summed E-state index contributed by atoms with van der Waals surface area (Å²) < 4.78 is 17.9. The molecule has 2 N–H and O–H groups in total. The van der Waals surface area contributed by atoms with Crippen LogP contribution in [0.25, 0.3) is 23.0 Å². The maximum atomic E-state index is 12.8. The number of nitrogens with two attached hydrogens (primary N) is 1. The highest BCUT2D eigenvalue weighted by molar-refractivity contribution is 5.59. The van der Waals surface area contributed by atoms with Gasteiger partial charge in [-0.25, -0.2) is 14.4 Å². The number of rotatable bonds is 2. The van der Waals surface area contributed by atoms with Gasteiger partial charge < -0.3 is 10.3 Å². The van der Waals surface area contributed by atoms with Crippen molar-refractivity contribution in [2.24, 2.45) is 0 Å². The fourth-order valence-electron chi connectivity index (χ4n) is 1.53. The molecule has 0 bridgehead atoms. The van der Waals surface area contributed by atoms with Gasteiger partial charge in [0, 0.05) is 11.8 Å². The van der Waals surface area contributed by atoms with Crippen molar-refractivity contribution < 1.29 is 8.91 Å². The van der Waals surface area contributed by atoms with Gasteiger partial charge in [-0.1, -0.05) is 5.16 Å². The summed E-state index contributed by atoms with van der Waals surface area (Å²) in [5.41, 5.74) is 6.67. The fourth-order valence-corrected chi connectivity index (χ4v) is 1.53. The summed E-state index contributed by atoms with van der Waals surface area (Å²) in [6.45, 7) is 0. The van der Waals surface area contributed by atoms with Crippen molar-refractivity contribution >= 4 is 5.82 Å². The van der Waals surface area contributed by atoms with Crippen LogP contribution in [0.5, 0.6) is 0 Å². The zero-order valence-electron chi connectivity index (χ0n) is 9.62. The molecule has 0 unspecified atom stereocenters. The first-order valence-electron chi connectivity index (χ1n) is 5.40. The molecule has 0 aliphatic rings. The van der Waals surface area contributed by atoms with Crippen molar-refractivity contribution in [3.05, 3.63) is 42.5 Å². The lowest BCUT2D eigenvalue weighted by atomic mass is 10.2. The highest BCUT2D eigenvalue weighted by Gasteiger charge is 2.11. The smallest absolute Gasteiger partial charge is 0.258 e. The van der Waals surface area contributed by atoms with E-state index in [9.17, 15) is 4.39 Å². The lowest BCUT2D eigenvalue weighted by Gasteiger charge is -1.94.